The van der Waals surface area contributed by atoms with E-state index in [0.717, 1.165) is 0 Å². The zero-order chi connectivity index (χ0) is 14.5. The first-order valence-corrected chi connectivity index (χ1v) is 6.04. The summed E-state index contributed by atoms with van der Waals surface area (Å²) >= 11 is 0. The van der Waals surface area contributed by atoms with Gasteiger partial charge in [-0.05, 0) is 12.1 Å². The Morgan fingerprint density at radius 1 is 1.55 bits per heavy atom. The zero-order valence-corrected chi connectivity index (χ0v) is 11.0. The van der Waals surface area contributed by atoms with Crippen LogP contribution < -0.4 is 15.8 Å². The van der Waals surface area contributed by atoms with E-state index in [1.807, 2.05) is 0 Å². The number of carbonyl (C=O) groups is 1. The number of benzene rings is 1. The SMILES string of the molecule is COc1ccc(O)c(NC(=O)c2cn(CCN)cn2)c1. The number of nitrogens with zero attached hydrogens (tertiary/aromatic N) is 2. The molecule has 0 aliphatic heterocycles. The number of phenols is 1. The summed E-state index contributed by atoms with van der Waals surface area (Å²) < 4.78 is 6.76. The smallest absolute Gasteiger partial charge is 0.275 e. The first-order valence-electron chi connectivity index (χ1n) is 6.04. The molecule has 0 radical (unpaired) electrons. The van der Waals surface area contributed by atoms with Crippen molar-refractivity contribution >= 4 is 11.6 Å². The third kappa shape index (κ3) is 3.07. The van der Waals surface area contributed by atoms with Gasteiger partial charge in [-0.25, -0.2) is 4.98 Å². The standard InChI is InChI=1S/C13H16N4O3/c1-20-9-2-3-12(18)10(6-9)16-13(19)11-7-17(5-4-14)8-15-11/h2-3,6-8,18H,4-5,14H2,1H3,(H,16,19). The molecule has 0 saturated carbocycles. The maximum absolute atomic E-state index is 12.0. The van der Waals surface area contributed by atoms with E-state index >= 15 is 0 Å². The second kappa shape index (κ2) is 6.07. The van der Waals surface area contributed by atoms with Gasteiger partial charge in [0.25, 0.3) is 5.91 Å². The summed E-state index contributed by atoms with van der Waals surface area (Å²) in [5, 5.41) is 12.3. The number of nitrogens with one attached hydrogen (secondary N) is 1. The molecule has 0 fully saturated rings. The van der Waals surface area contributed by atoms with E-state index in [0.29, 0.717) is 18.8 Å². The molecule has 2 rings (SSSR count). The number of methoxy groups -OCH3 is 1. The Kier molecular flexibility index (Phi) is 4.21. The molecule has 0 saturated heterocycles. The van der Waals surface area contributed by atoms with E-state index < -0.39 is 5.91 Å². The van der Waals surface area contributed by atoms with Crippen molar-refractivity contribution in [2.75, 3.05) is 19.0 Å². The molecular weight excluding hydrogens is 260 g/mol. The van der Waals surface area contributed by atoms with Crippen LogP contribution in [0, 0.1) is 0 Å². The highest BCUT2D eigenvalue weighted by Gasteiger charge is 2.12. The van der Waals surface area contributed by atoms with Gasteiger partial charge in [0.15, 0.2) is 0 Å². The number of rotatable bonds is 5. The lowest BCUT2D eigenvalue weighted by atomic mass is 10.2. The third-order valence-corrected chi connectivity index (χ3v) is 2.71. The number of aromatic hydroxyl groups is 1. The van der Waals surface area contributed by atoms with Crippen molar-refractivity contribution in [1.82, 2.24) is 9.55 Å². The molecular formula is C13H16N4O3. The number of ether oxygens (including phenoxy) is 1. The molecule has 1 aromatic heterocycles. The van der Waals surface area contributed by atoms with Crippen molar-refractivity contribution in [2.24, 2.45) is 5.73 Å². The minimum atomic E-state index is -0.413. The van der Waals surface area contributed by atoms with Crippen molar-refractivity contribution in [1.29, 1.82) is 0 Å². The van der Waals surface area contributed by atoms with Crippen LogP contribution >= 0.6 is 0 Å². The van der Waals surface area contributed by atoms with Crippen LogP contribution in [-0.4, -0.2) is 34.2 Å². The van der Waals surface area contributed by atoms with Crippen molar-refractivity contribution < 1.29 is 14.6 Å². The monoisotopic (exact) mass is 276 g/mol. The predicted octanol–water partition coefficient (Wildman–Crippen LogP) is 0.808. The number of phenolic OH excluding ortho intramolecular Hbond substituents is 1. The van der Waals surface area contributed by atoms with Gasteiger partial charge < -0.3 is 25.5 Å². The van der Waals surface area contributed by atoms with E-state index in [1.165, 1.54) is 25.6 Å². The van der Waals surface area contributed by atoms with E-state index in [1.54, 1.807) is 16.8 Å². The van der Waals surface area contributed by atoms with Gasteiger partial charge in [0.05, 0.1) is 19.1 Å². The summed E-state index contributed by atoms with van der Waals surface area (Å²) in [6.45, 7) is 1.05. The van der Waals surface area contributed by atoms with E-state index in [9.17, 15) is 9.90 Å². The highest BCUT2D eigenvalue weighted by Crippen LogP contribution is 2.28. The highest BCUT2D eigenvalue weighted by molar-refractivity contribution is 6.03. The fourth-order valence-electron chi connectivity index (χ4n) is 1.68. The molecule has 7 nitrogen and oxygen atoms in total. The molecule has 1 heterocycles. The summed E-state index contributed by atoms with van der Waals surface area (Å²) in [7, 11) is 1.51. The second-order valence-corrected chi connectivity index (χ2v) is 4.12. The van der Waals surface area contributed by atoms with Crippen molar-refractivity contribution in [3.8, 4) is 11.5 Å². The predicted molar refractivity (Wildman–Crippen MR) is 73.9 cm³/mol. The van der Waals surface area contributed by atoms with Crippen LogP contribution in [0.25, 0.3) is 0 Å². The summed E-state index contributed by atoms with van der Waals surface area (Å²) in [6, 6.07) is 4.58. The number of carbonyl (C=O) groups excluding carboxylic acids is 1. The quantitative estimate of drug-likeness (QED) is 0.701. The summed E-state index contributed by atoms with van der Waals surface area (Å²) in [5.41, 5.74) is 5.94. The van der Waals surface area contributed by atoms with Gasteiger partial charge in [-0.1, -0.05) is 0 Å². The van der Waals surface area contributed by atoms with Gasteiger partial charge in [-0.2, -0.15) is 0 Å². The molecule has 1 amide bonds. The van der Waals surface area contributed by atoms with Crippen molar-refractivity contribution in [3.05, 3.63) is 36.4 Å². The van der Waals surface area contributed by atoms with E-state index in [4.69, 9.17) is 10.5 Å². The molecule has 0 aliphatic carbocycles. The Bertz CT molecular complexity index is 609. The summed E-state index contributed by atoms with van der Waals surface area (Å²) in [5.74, 6) is 0.0802. The molecule has 0 atom stereocenters. The molecule has 0 unspecified atom stereocenters. The number of imidazole rings is 1. The molecule has 106 valence electrons. The summed E-state index contributed by atoms with van der Waals surface area (Å²) in [4.78, 5) is 16.0. The lowest BCUT2D eigenvalue weighted by molar-refractivity contribution is 0.102. The minimum absolute atomic E-state index is 0.0412. The maximum Gasteiger partial charge on any atom is 0.275 e. The van der Waals surface area contributed by atoms with Crippen LogP contribution in [-0.2, 0) is 6.54 Å². The van der Waals surface area contributed by atoms with Gasteiger partial charge in [0, 0.05) is 25.4 Å². The molecule has 4 N–H and O–H groups in total. The normalized spacial score (nSPS) is 10.3. The number of anilines is 1. The average molecular weight is 276 g/mol. The fourth-order valence-corrected chi connectivity index (χ4v) is 1.68. The second-order valence-electron chi connectivity index (χ2n) is 4.12. The Labute approximate surface area is 116 Å². The molecule has 7 heteroatoms. The van der Waals surface area contributed by atoms with Crippen LogP contribution in [0.2, 0.25) is 0 Å². The lowest BCUT2D eigenvalue weighted by Crippen LogP contribution is -2.13. The number of nitrogens with two attached hydrogens (primary N) is 1. The van der Waals surface area contributed by atoms with Crippen molar-refractivity contribution in [3.63, 3.8) is 0 Å². The molecule has 0 aliphatic rings. The molecule has 0 bridgehead atoms. The van der Waals surface area contributed by atoms with Crippen LogP contribution in [0.15, 0.2) is 30.7 Å². The Morgan fingerprint density at radius 3 is 3.05 bits per heavy atom. The minimum Gasteiger partial charge on any atom is -0.506 e. The topological polar surface area (TPSA) is 102 Å². The van der Waals surface area contributed by atoms with Crippen LogP contribution in [0.5, 0.6) is 11.5 Å². The lowest BCUT2D eigenvalue weighted by Gasteiger charge is -2.07. The van der Waals surface area contributed by atoms with Gasteiger partial charge >= 0.3 is 0 Å². The number of hydrogen-bond acceptors (Lipinski definition) is 5. The highest BCUT2D eigenvalue weighted by atomic mass is 16.5. The number of aromatic nitrogens is 2. The Hall–Kier alpha value is -2.54. The van der Waals surface area contributed by atoms with Gasteiger partial charge in [0.1, 0.15) is 17.2 Å². The van der Waals surface area contributed by atoms with Crippen LogP contribution in [0.1, 0.15) is 10.5 Å². The third-order valence-electron chi connectivity index (χ3n) is 2.71. The fraction of sp³-hybridized carbons (Fsp3) is 0.231. The molecule has 2 aromatic rings. The number of amides is 1. The summed E-state index contributed by atoms with van der Waals surface area (Å²) in [6.07, 6.45) is 3.13. The largest absolute Gasteiger partial charge is 0.506 e. The van der Waals surface area contributed by atoms with Crippen LogP contribution in [0.3, 0.4) is 0 Å². The van der Waals surface area contributed by atoms with Gasteiger partial charge in [-0.15, -0.1) is 0 Å². The van der Waals surface area contributed by atoms with Crippen LogP contribution in [0.4, 0.5) is 5.69 Å². The molecule has 0 spiro atoms. The Morgan fingerprint density at radius 2 is 2.35 bits per heavy atom. The van der Waals surface area contributed by atoms with E-state index in [-0.39, 0.29) is 17.1 Å². The molecule has 1 aromatic carbocycles. The Balaban J connectivity index is 2.14. The van der Waals surface area contributed by atoms with Crippen molar-refractivity contribution in [2.45, 2.75) is 6.54 Å². The van der Waals surface area contributed by atoms with Gasteiger partial charge in [0.2, 0.25) is 0 Å². The first-order chi connectivity index (χ1) is 9.63. The first kappa shape index (κ1) is 13.9. The average Bonchev–Trinajstić information content (AvgIpc) is 2.90. The van der Waals surface area contributed by atoms with Gasteiger partial charge in [-0.3, -0.25) is 4.79 Å². The van der Waals surface area contributed by atoms with E-state index in [2.05, 4.69) is 10.3 Å². The number of hydrogen-bond donors (Lipinski definition) is 3. The zero-order valence-electron chi connectivity index (χ0n) is 11.0. The molecule has 20 heavy (non-hydrogen) atoms. The maximum atomic E-state index is 12.0.